The van der Waals surface area contributed by atoms with Gasteiger partial charge in [0.2, 0.25) is 0 Å². The number of nitrogens with one attached hydrogen (secondary N) is 1. The van der Waals surface area contributed by atoms with Crippen LogP contribution in [0.5, 0.6) is 0 Å². The second-order valence-electron chi connectivity index (χ2n) is 9.99. The fourth-order valence-corrected chi connectivity index (χ4v) is 4.76. The first-order valence-electron chi connectivity index (χ1n) is 12.0. The zero-order chi connectivity index (χ0) is 25.2. The molecule has 6 nitrogen and oxygen atoms in total. The molecule has 4 rings (SSSR count). The van der Waals surface area contributed by atoms with Crippen LogP contribution in [0.2, 0.25) is 0 Å². The van der Waals surface area contributed by atoms with E-state index in [9.17, 15) is 13.6 Å². The highest BCUT2D eigenvalue weighted by molar-refractivity contribution is 5.85. The number of carbonyl (C=O) groups excluding carboxylic acids is 1. The van der Waals surface area contributed by atoms with Crippen LogP contribution in [0.3, 0.4) is 0 Å². The van der Waals surface area contributed by atoms with Crippen molar-refractivity contribution in [2.24, 2.45) is 0 Å². The van der Waals surface area contributed by atoms with Gasteiger partial charge in [-0.2, -0.15) is 0 Å². The molecule has 1 saturated heterocycles. The van der Waals surface area contributed by atoms with E-state index in [0.717, 1.165) is 5.56 Å². The zero-order valence-corrected chi connectivity index (χ0v) is 20.6. The first-order valence-corrected chi connectivity index (χ1v) is 12.0. The summed E-state index contributed by atoms with van der Waals surface area (Å²) in [5.41, 5.74) is -0.528. The molecule has 1 unspecified atom stereocenters. The average molecular weight is 490 g/mol. The second kappa shape index (κ2) is 10.3. The number of rotatable bonds is 8. The highest BCUT2D eigenvalue weighted by Gasteiger charge is 2.58. The predicted octanol–water partition coefficient (Wildman–Crippen LogP) is 4.64. The Hall–Kier alpha value is -2.39. The Labute approximate surface area is 204 Å². The molecule has 2 fully saturated rings. The Morgan fingerprint density at radius 3 is 2.37 bits per heavy atom. The molecular formula is C27H33F2NO5. The van der Waals surface area contributed by atoms with Crippen LogP contribution in [0.15, 0.2) is 48.5 Å². The normalized spacial score (nSPS) is 27.6. The van der Waals surface area contributed by atoms with Crippen LogP contribution >= 0.6 is 0 Å². The van der Waals surface area contributed by atoms with Crippen LogP contribution in [0, 0.1) is 11.6 Å². The van der Waals surface area contributed by atoms with E-state index in [1.807, 2.05) is 44.2 Å². The van der Waals surface area contributed by atoms with Gasteiger partial charge in [0.1, 0.15) is 17.7 Å². The molecule has 0 aromatic heterocycles. The van der Waals surface area contributed by atoms with Crippen LogP contribution in [-0.2, 0) is 37.0 Å². The van der Waals surface area contributed by atoms with Gasteiger partial charge in [-0.05, 0) is 45.4 Å². The smallest absolute Gasteiger partial charge is 0.252 e. The van der Waals surface area contributed by atoms with Gasteiger partial charge in [0.25, 0.3) is 5.91 Å². The molecular weight excluding hydrogens is 456 g/mol. The third-order valence-electron chi connectivity index (χ3n) is 6.34. The van der Waals surface area contributed by atoms with Gasteiger partial charge < -0.3 is 24.3 Å². The minimum atomic E-state index is -1.27. The van der Waals surface area contributed by atoms with Crippen LogP contribution in [0.4, 0.5) is 8.78 Å². The van der Waals surface area contributed by atoms with Gasteiger partial charge in [0.05, 0.1) is 25.4 Å². The molecule has 0 radical (unpaired) electrons. The van der Waals surface area contributed by atoms with Crippen molar-refractivity contribution < 1.29 is 32.5 Å². The van der Waals surface area contributed by atoms with Gasteiger partial charge in [0.15, 0.2) is 11.4 Å². The Morgan fingerprint density at radius 1 is 1.03 bits per heavy atom. The molecule has 8 heteroatoms. The van der Waals surface area contributed by atoms with Crippen molar-refractivity contribution in [3.8, 4) is 0 Å². The summed E-state index contributed by atoms with van der Waals surface area (Å²) in [7, 11) is 0. The van der Waals surface area contributed by atoms with Gasteiger partial charge in [0, 0.05) is 24.4 Å². The predicted molar refractivity (Wildman–Crippen MR) is 125 cm³/mol. The van der Waals surface area contributed by atoms with Gasteiger partial charge in [-0.3, -0.25) is 4.79 Å². The van der Waals surface area contributed by atoms with Gasteiger partial charge >= 0.3 is 0 Å². The molecule has 2 aliphatic rings. The van der Waals surface area contributed by atoms with Gasteiger partial charge in [-0.25, -0.2) is 8.78 Å². The summed E-state index contributed by atoms with van der Waals surface area (Å²) in [5, 5.41) is 2.97. The van der Waals surface area contributed by atoms with Crippen molar-refractivity contribution in [2.75, 3.05) is 0 Å². The van der Waals surface area contributed by atoms with E-state index in [0.29, 0.717) is 0 Å². The monoisotopic (exact) mass is 489 g/mol. The SMILES string of the molecule is CC(C)NC(=O)[C@@]1(OCc2ccccc2)CC(OCc2c(F)cccc2F)[C@@H]2OC(C)(C)O[C@@H]2C1. The van der Waals surface area contributed by atoms with Crippen LogP contribution < -0.4 is 5.32 Å². The van der Waals surface area contributed by atoms with E-state index in [4.69, 9.17) is 18.9 Å². The van der Waals surface area contributed by atoms with Crippen LogP contribution in [-0.4, -0.2) is 41.6 Å². The first-order chi connectivity index (χ1) is 16.6. The molecule has 0 bridgehead atoms. The minimum absolute atomic E-state index is 0.110. The summed E-state index contributed by atoms with van der Waals surface area (Å²) in [5.74, 6) is -2.55. The van der Waals surface area contributed by atoms with Crippen LogP contribution in [0.25, 0.3) is 0 Å². The third kappa shape index (κ3) is 5.89. The number of carbonyl (C=O) groups is 1. The molecule has 190 valence electrons. The molecule has 4 atom stereocenters. The molecule has 35 heavy (non-hydrogen) atoms. The lowest BCUT2D eigenvalue weighted by molar-refractivity contribution is -0.184. The number of benzene rings is 2. The average Bonchev–Trinajstić information content (AvgIpc) is 3.11. The summed E-state index contributed by atoms with van der Waals surface area (Å²) in [6, 6.07) is 13.1. The van der Waals surface area contributed by atoms with Crippen molar-refractivity contribution >= 4 is 5.91 Å². The van der Waals surface area contributed by atoms with Gasteiger partial charge in [-0.1, -0.05) is 36.4 Å². The highest BCUT2D eigenvalue weighted by Crippen LogP contribution is 2.44. The fraction of sp³-hybridized carbons (Fsp3) is 0.519. The van der Waals surface area contributed by atoms with E-state index in [-0.39, 0.29) is 43.6 Å². The van der Waals surface area contributed by atoms with Crippen molar-refractivity contribution in [2.45, 2.75) is 89.5 Å². The van der Waals surface area contributed by atoms with E-state index in [2.05, 4.69) is 5.32 Å². The number of fused-ring (bicyclic) bond motifs is 1. The molecule has 0 spiro atoms. The molecule has 1 heterocycles. The molecule has 1 aliphatic carbocycles. The lowest BCUT2D eigenvalue weighted by Gasteiger charge is -2.43. The molecule has 2 aromatic rings. The first kappa shape index (κ1) is 25.7. The van der Waals surface area contributed by atoms with E-state index < -0.39 is 41.3 Å². The van der Waals surface area contributed by atoms with Crippen LogP contribution in [0.1, 0.15) is 51.7 Å². The Kier molecular flexibility index (Phi) is 7.57. The number of amides is 1. The summed E-state index contributed by atoms with van der Waals surface area (Å²) in [4.78, 5) is 13.5. The maximum Gasteiger partial charge on any atom is 0.252 e. The molecule has 1 aliphatic heterocycles. The molecule has 1 saturated carbocycles. The lowest BCUT2D eigenvalue weighted by Crippen LogP contribution is -2.60. The van der Waals surface area contributed by atoms with E-state index in [1.54, 1.807) is 13.8 Å². The summed E-state index contributed by atoms with van der Waals surface area (Å²) < 4.78 is 53.2. The quantitative estimate of drug-likeness (QED) is 0.585. The largest absolute Gasteiger partial charge is 0.370 e. The Bertz CT molecular complexity index is 1010. The van der Waals surface area contributed by atoms with Crippen molar-refractivity contribution in [3.63, 3.8) is 0 Å². The highest BCUT2D eigenvalue weighted by atomic mass is 19.1. The van der Waals surface area contributed by atoms with Crippen molar-refractivity contribution in [1.82, 2.24) is 5.32 Å². The van der Waals surface area contributed by atoms with Gasteiger partial charge in [-0.15, -0.1) is 0 Å². The third-order valence-corrected chi connectivity index (χ3v) is 6.34. The lowest BCUT2D eigenvalue weighted by atomic mass is 9.78. The second-order valence-corrected chi connectivity index (χ2v) is 9.99. The van der Waals surface area contributed by atoms with Crippen molar-refractivity contribution in [1.29, 1.82) is 0 Å². The van der Waals surface area contributed by atoms with Crippen molar-refractivity contribution in [3.05, 3.63) is 71.3 Å². The summed E-state index contributed by atoms with van der Waals surface area (Å²) >= 11 is 0. The summed E-state index contributed by atoms with van der Waals surface area (Å²) in [6.45, 7) is 7.24. The number of ether oxygens (including phenoxy) is 4. The number of halogens is 2. The maximum absolute atomic E-state index is 14.3. The standard InChI is InChI=1S/C27H33F2NO5/c1-17(2)30-25(31)27(33-15-18-9-6-5-7-10-18)13-22(24-23(14-27)34-26(3,4)35-24)32-16-19-20(28)11-8-12-21(19)29/h5-12,17,22-24H,13-16H2,1-4H3,(H,30,31)/t22?,23-,24+,27-/m1/s1. The maximum atomic E-state index is 14.3. The van der Waals surface area contributed by atoms with E-state index >= 15 is 0 Å². The topological polar surface area (TPSA) is 66.0 Å². The zero-order valence-electron chi connectivity index (χ0n) is 20.6. The fourth-order valence-electron chi connectivity index (χ4n) is 4.76. The Morgan fingerprint density at radius 2 is 1.71 bits per heavy atom. The molecule has 1 amide bonds. The Balaban J connectivity index is 1.62. The molecule has 2 aromatic carbocycles. The molecule has 1 N–H and O–H groups in total. The number of hydrogen-bond donors (Lipinski definition) is 1. The minimum Gasteiger partial charge on any atom is -0.370 e. The number of hydrogen-bond acceptors (Lipinski definition) is 5. The summed E-state index contributed by atoms with van der Waals surface area (Å²) in [6.07, 6.45) is -1.29. The van der Waals surface area contributed by atoms with E-state index in [1.165, 1.54) is 18.2 Å².